The molecule has 1 aromatic rings. The van der Waals surface area contributed by atoms with Crippen LogP contribution in [0.25, 0.3) is 0 Å². The number of carbonyl (C=O) groups is 1. The van der Waals surface area contributed by atoms with E-state index in [1.165, 1.54) is 25.7 Å². The van der Waals surface area contributed by atoms with E-state index in [0.29, 0.717) is 17.5 Å². The minimum absolute atomic E-state index is 0. The number of ketones is 1. The molecule has 1 atom stereocenters. The lowest BCUT2D eigenvalue weighted by Crippen LogP contribution is -2.44. The molecule has 2 aliphatic carbocycles. The molecule has 0 aromatic heterocycles. The van der Waals surface area contributed by atoms with Crippen LogP contribution in [0, 0.1) is 0 Å². The van der Waals surface area contributed by atoms with Gasteiger partial charge in [-0.1, -0.05) is 12.8 Å². The zero-order valence-corrected chi connectivity index (χ0v) is 14.0. The van der Waals surface area contributed by atoms with Gasteiger partial charge in [-0.3, -0.25) is 4.79 Å². The summed E-state index contributed by atoms with van der Waals surface area (Å²) < 4.78 is 10.8. The molecule has 22 heavy (non-hydrogen) atoms. The van der Waals surface area contributed by atoms with Gasteiger partial charge in [-0.2, -0.15) is 0 Å². The molecule has 0 bridgehead atoms. The van der Waals surface area contributed by atoms with Crippen molar-refractivity contribution >= 4 is 18.2 Å². The third kappa shape index (κ3) is 3.08. The van der Waals surface area contributed by atoms with Crippen molar-refractivity contribution in [2.75, 3.05) is 14.2 Å². The maximum Gasteiger partial charge on any atom is 0.180 e. The lowest BCUT2D eigenvalue weighted by Gasteiger charge is -2.28. The first kappa shape index (κ1) is 17.1. The number of benzene rings is 1. The fourth-order valence-corrected chi connectivity index (χ4v) is 3.61. The zero-order valence-electron chi connectivity index (χ0n) is 13.2. The number of hydrogen-bond acceptors (Lipinski definition) is 4. The first-order valence-corrected chi connectivity index (χ1v) is 7.78. The highest BCUT2D eigenvalue weighted by Gasteiger charge is 2.32. The van der Waals surface area contributed by atoms with E-state index in [-0.39, 0.29) is 24.2 Å². The standard InChI is InChI=1S/C17H23NO3.ClH/c1-20-15-10-8-12-13(17(15)21-2)7-9-14(16(12)19)18-11-5-3-4-6-11;/h8,10-11,14,18H,3-7,9H2,1-2H3;1H. The van der Waals surface area contributed by atoms with E-state index in [1.54, 1.807) is 14.2 Å². The molecule has 3 rings (SSSR count). The van der Waals surface area contributed by atoms with Gasteiger partial charge >= 0.3 is 0 Å². The van der Waals surface area contributed by atoms with E-state index in [0.717, 1.165) is 24.0 Å². The number of ether oxygens (including phenoxy) is 2. The van der Waals surface area contributed by atoms with Gasteiger partial charge in [0.25, 0.3) is 0 Å². The number of hydrogen-bond donors (Lipinski definition) is 1. The fraction of sp³-hybridized carbons (Fsp3) is 0.588. The minimum atomic E-state index is -0.0429. The van der Waals surface area contributed by atoms with E-state index in [9.17, 15) is 4.79 Å². The highest BCUT2D eigenvalue weighted by atomic mass is 35.5. The van der Waals surface area contributed by atoms with E-state index < -0.39 is 0 Å². The van der Waals surface area contributed by atoms with Crippen LogP contribution < -0.4 is 14.8 Å². The summed E-state index contributed by atoms with van der Waals surface area (Å²) in [6.07, 6.45) is 6.64. The van der Waals surface area contributed by atoms with Crippen molar-refractivity contribution in [2.45, 2.75) is 50.6 Å². The van der Waals surface area contributed by atoms with Crippen LogP contribution in [0.5, 0.6) is 11.5 Å². The molecule has 122 valence electrons. The molecule has 0 radical (unpaired) electrons. The van der Waals surface area contributed by atoms with Gasteiger partial charge in [-0.15, -0.1) is 12.4 Å². The number of Topliss-reactive ketones (excluding diaryl/α,β-unsaturated/α-hetero) is 1. The summed E-state index contributed by atoms with van der Waals surface area (Å²) in [6.45, 7) is 0. The van der Waals surface area contributed by atoms with Gasteiger partial charge < -0.3 is 14.8 Å². The average molecular weight is 326 g/mol. The monoisotopic (exact) mass is 325 g/mol. The van der Waals surface area contributed by atoms with E-state index in [2.05, 4.69) is 5.32 Å². The maximum absolute atomic E-state index is 12.7. The summed E-state index contributed by atoms with van der Waals surface area (Å²) in [6, 6.07) is 4.18. The average Bonchev–Trinajstić information content (AvgIpc) is 3.02. The van der Waals surface area contributed by atoms with Crippen LogP contribution in [0.2, 0.25) is 0 Å². The number of rotatable bonds is 4. The molecule has 2 aliphatic rings. The molecule has 0 heterocycles. The fourth-order valence-electron chi connectivity index (χ4n) is 3.61. The molecule has 1 fully saturated rings. The van der Waals surface area contributed by atoms with Gasteiger partial charge in [-0.25, -0.2) is 0 Å². The van der Waals surface area contributed by atoms with E-state index in [1.807, 2.05) is 12.1 Å². The molecule has 5 heteroatoms. The second-order valence-electron chi connectivity index (χ2n) is 5.93. The van der Waals surface area contributed by atoms with Crippen LogP contribution in [0.15, 0.2) is 12.1 Å². The normalized spacial score (nSPS) is 21.2. The first-order valence-electron chi connectivity index (χ1n) is 7.78. The predicted molar refractivity (Wildman–Crippen MR) is 88.6 cm³/mol. The van der Waals surface area contributed by atoms with Crippen LogP contribution in [-0.2, 0) is 6.42 Å². The smallest absolute Gasteiger partial charge is 0.180 e. The minimum Gasteiger partial charge on any atom is -0.493 e. The summed E-state index contributed by atoms with van der Waals surface area (Å²) in [5.41, 5.74) is 1.78. The second kappa shape index (κ2) is 7.34. The summed E-state index contributed by atoms with van der Waals surface area (Å²) in [4.78, 5) is 12.7. The Morgan fingerprint density at radius 2 is 1.82 bits per heavy atom. The van der Waals surface area contributed by atoms with Crippen molar-refractivity contribution in [3.05, 3.63) is 23.3 Å². The van der Waals surface area contributed by atoms with Crippen LogP contribution in [0.4, 0.5) is 0 Å². The topological polar surface area (TPSA) is 47.6 Å². The Morgan fingerprint density at radius 3 is 2.45 bits per heavy atom. The third-order valence-electron chi connectivity index (χ3n) is 4.71. The van der Waals surface area contributed by atoms with Gasteiger partial charge in [0, 0.05) is 17.2 Å². The number of carbonyl (C=O) groups excluding carboxylic acids is 1. The third-order valence-corrected chi connectivity index (χ3v) is 4.71. The van der Waals surface area contributed by atoms with Crippen LogP contribution in [0.3, 0.4) is 0 Å². The summed E-state index contributed by atoms with van der Waals surface area (Å²) in [5, 5.41) is 3.55. The second-order valence-corrected chi connectivity index (χ2v) is 5.93. The maximum atomic E-state index is 12.7. The van der Waals surface area contributed by atoms with Crippen molar-refractivity contribution < 1.29 is 14.3 Å². The Kier molecular flexibility index (Phi) is 5.70. The van der Waals surface area contributed by atoms with Crippen molar-refractivity contribution in [3.63, 3.8) is 0 Å². The lowest BCUT2D eigenvalue weighted by atomic mass is 9.86. The Morgan fingerprint density at radius 1 is 1.09 bits per heavy atom. The van der Waals surface area contributed by atoms with Gasteiger partial charge in [0.2, 0.25) is 0 Å². The molecular formula is C17H24ClNO3. The number of methoxy groups -OCH3 is 2. The molecule has 0 saturated heterocycles. The van der Waals surface area contributed by atoms with Gasteiger partial charge in [-0.05, 0) is 37.8 Å². The van der Waals surface area contributed by atoms with Crippen LogP contribution >= 0.6 is 12.4 Å². The first-order chi connectivity index (χ1) is 10.2. The largest absolute Gasteiger partial charge is 0.493 e. The zero-order chi connectivity index (χ0) is 14.8. The molecule has 0 spiro atoms. The van der Waals surface area contributed by atoms with Crippen LogP contribution in [0.1, 0.15) is 48.0 Å². The Balaban J connectivity index is 0.00000176. The Hall–Kier alpha value is -1.26. The number of nitrogens with one attached hydrogen (secondary N) is 1. The van der Waals surface area contributed by atoms with Crippen molar-refractivity contribution in [2.24, 2.45) is 0 Å². The molecule has 1 unspecified atom stereocenters. The number of fused-ring (bicyclic) bond motifs is 1. The van der Waals surface area contributed by atoms with Gasteiger partial charge in [0.05, 0.1) is 20.3 Å². The van der Waals surface area contributed by atoms with E-state index >= 15 is 0 Å². The lowest BCUT2D eigenvalue weighted by molar-refractivity contribution is 0.0919. The molecular weight excluding hydrogens is 302 g/mol. The van der Waals surface area contributed by atoms with Crippen molar-refractivity contribution in [1.82, 2.24) is 5.32 Å². The molecule has 1 saturated carbocycles. The molecule has 0 amide bonds. The summed E-state index contributed by atoms with van der Waals surface area (Å²) >= 11 is 0. The SMILES string of the molecule is COc1ccc2c(c1OC)CCC(NC1CCCC1)C2=O.Cl. The summed E-state index contributed by atoms with van der Waals surface area (Å²) in [7, 11) is 3.25. The van der Waals surface area contributed by atoms with E-state index in [4.69, 9.17) is 9.47 Å². The van der Waals surface area contributed by atoms with Crippen molar-refractivity contribution in [1.29, 1.82) is 0 Å². The number of halogens is 1. The highest BCUT2D eigenvalue weighted by Crippen LogP contribution is 2.37. The Bertz CT molecular complexity index is 541. The molecule has 0 aliphatic heterocycles. The van der Waals surface area contributed by atoms with Crippen molar-refractivity contribution in [3.8, 4) is 11.5 Å². The van der Waals surface area contributed by atoms with Gasteiger partial charge in [0.1, 0.15) is 0 Å². The molecule has 1 N–H and O–H groups in total. The summed E-state index contributed by atoms with van der Waals surface area (Å²) in [5.74, 6) is 1.61. The molecule has 1 aromatic carbocycles. The quantitative estimate of drug-likeness (QED) is 0.923. The Labute approximate surface area is 138 Å². The predicted octanol–water partition coefficient (Wildman–Crippen LogP) is 3.16. The van der Waals surface area contributed by atoms with Gasteiger partial charge in [0.15, 0.2) is 17.3 Å². The van der Waals surface area contributed by atoms with Crippen LogP contribution in [-0.4, -0.2) is 32.1 Å². The highest BCUT2D eigenvalue weighted by molar-refractivity contribution is 6.03. The molecule has 4 nitrogen and oxygen atoms in total.